The zero-order chi connectivity index (χ0) is 17.3. The van der Waals surface area contributed by atoms with Crippen LogP contribution in [-0.2, 0) is 9.59 Å². The molecule has 122 valence electrons. The highest BCUT2D eigenvalue weighted by Crippen LogP contribution is 2.38. The lowest BCUT2D eigenvalue weighted by Crippen LogP contribution is -2.24. The number of amides is 1. The zero-order valence-electron chi connectivity index (χ0n) is 13.4. The maximum absolute atomic E-state index is 12.4. The monoisotopic (exact) mass is 323 g/mol. The van der Waals surface area contributed by atoms with Crippen LogP contribution in [0.4, 0.5) is 0 Å². The van der Waals surface area contributed by atoms with E-state index in [9.17, 15) is 14.7 Å². The van der Waals surface area contributed by atoms with Crippen LogP contribution in [0.15, 0.2) is 60.2 Å². The molecule has 2 aromatic carbocycles. The summed E-state index contributed by atoms with van der Waals surface area (Å²) in [6, 6.07) is 15.3. The van der Waals surface area contributed by atoms with Gasteiger partial charge in [-0.05, 0) is 29.8 Å². The lowest BCUT2D eigenvalue weighted by atomic mass is 9.95. The van der Waals surface area contributed by atoms with Gasteiger partial charge in [-0.3, -0.25) is 9.59 Å². The van der Waals surface area contributed by atoms with Crippen LogP contribution in [0.2, 0.25) is 0 Å². The van der Waals surface area contributed by atoms with Crippen LogP contribution in [0.3, 0.4) is 0 Å². The minimum atomic E-state index is -0.681. The first-order valence-corrected chi connectivity index (χ1v) is 7.48. The van der Waals surface area contributed by atoms with Gasteiger partial charge in [0.1, 0.15) is 11.5 Å². The fraction of sp³-hybridized carbons (Fsp3) is 0.158. The first-order valence-electron chi connectivity index (χ1n) is 7.48. The molecular weight excluding hydrogens is 306 g/mol. The molecule has 5 nitrogen and oxygen atoms in total. The average molecular weight is 323 g/mol. The quantitative estimate of drug-likeness (QED) is 0.536. The number of aliphatic hydroxyl groups excluding tert-OH is 1. The van der Waals surface area contributed by atoms with Crippen LogP contribution in [0.1, 0.15) is 17.2 Å². The molecule has 1 aliphatic heterocycles. The van der Waals surface area contributed by atoms with Gasteiger partial charge in [0.15, 0.2) is 0 Å². The number of hydrogen-bond donors (Lipinski definition) is 1. The van der Waals surface area contributed by atoms with Crippen LogP contribution in [0.25, 0.3) is 5.76 Å². The van der Waals surface area contributed by atoms with Crippen LogP contribution in [-0.4, -0.2) is 35.9 Å². The molecule has 0 spiro atoms. The molecule has 0 aliphatic carbocycles. The van der Waals surface area contributed by atoms with Crippen LogP contribution in [0.5, 0.6) is 5.75 Å². The Hall–Kier alpha value is -3.08. The molecule has 1 aliphatic rings. The summed E-state index contributed by atoms with van der Waals surface area (Å²) in [6.45, 7) is 0. The number of benzene rings is 2. The van der Waals surface area contributed by atoms with Crippen molar-refractivity contribution in [3.63, 3.8) is 0 Å². The number of rotatable bonds is 3. The van der Waals surface area contributed by atoms with Gasteiger partial charge in [0.25, 0.3) is 11.7 Å². The van der Waals surface area contributed by atoms with Gasteiger partial charge in [0.05, 0.1) is 18.7 Å². The number of ether oxygens (including phenoxy) is 1. The van der Waals surface area contributed by atoms with E-state index in [1.54, 1.807) is 38.4 Å². The smallest absolute Gasteiger partial charge is 0.295 e. The van der Waals surface area contributed by atoms with Crippen molar-refractivity contribution in [1.82, 2.24) is 4.90 Å². The molecule has 1 atom stereocenters. The Kier molecular flexibility index (Phi) is 4.08. The summed E-state index contributed by atoms with van der Waals surface area (Å²) in [5, 5.41) is 10.7. The molecule has 5 heteroatoms. The number of carbonyl (C=O) groups excluding carboxylic acids is 2. The number of Topliss-reactive ketones (excluding diaryl/α,β-unsaturated/α-hetero) is 1. The molecule has 0 aromatic heterocycles. The standard InChI is InChI=1S/C19H17NO4/c1-20-16(12-6-4-3-5-7-12)15(18(22)19(20)23)17(21)13-8-10-14(24-2)11-9-13/h3-11,16,21H,1-2H3/b17-15+/t16-/m1/s1. The van der Waals surface area contributed by atoms with E-state index >= 15 is 0 Å². The molecule has 1 heterocycles. The van der Waals surface area contributed by atoms with Crippen molar-refractivity contribution < 1.29 is 19.4 Å². The van der Waals surface area contributed by atoms with Crippen molar-refractivity contribution >= 4 is 17.4 Å². The largest absolute Gasteiger partial charge is 0.507 e. The normalized spacial score (nSPS) is 19.6. The fourth-order valence-corrected chi connectivity index (χ4v) is 2.88. The van der Waals surface area contributed by atoms with Gasteiger partial charge in [-0.1, -0.05) is 30.3 Å². The van der Waals surface area contributed by atoms with E-state index in [0.717, 1.165) is 5.56 Å². The Balaban J connectivity index is 2.13. The number of methoxy groups -OCH3 is 1. The number of carbonyl (C=O) groups is 2. The van der Waals surface area contributed by atoms with E-state index in [-0.39, 0.29) is 11.3 Å². The Morgan fingerprint density at radius 2 is 1.67 bits per heavy atom. The second kappa shape index (κ2) is 6.20. The van der Waals surface area contributed by atoms with Gasteiger partial charge in [-0.15, -0.1) is 0 Å². The summed E-state index contributed by atoms with van der Waals surface area (Å²) < 4.78 is 5.09. The molecule has 24 heavy (non-hydrogen) atoms. The van der Waals surface area contributed by atoms with Gasteiger partial charge in [-0.25, -0.2) is 0 Å². The summed E-state index contributed by atoms with van der Waals surface area (Å²) >= 11 is 0. The van der Waals surface area contributed by atoms with Crippen molar-refractivity contribution in [3.8, 4) is 5.75 Å². The van der Waals surface area contributed by atoms with E-state index in [1.165, 1.54) is 4.90 Å². The fourth-order valence-electron chi connectivity index (χ4n) is 2.88. The maximum atomic E-state index is 12.4. The molecule has 1 fully saturated rings. The SMILES string of the molecule is COc1ccc(/C(O)=C2\C(=O)C(=O)N(C)[C@@H]2c2ccccc2)cc1. The second-order valence-electron chi connectivity index (χ2n) is 5.55. The van der Waals surface area contributed by atoms with Gasteiger partial charge in [-0.2, -0.15) is 0 Å². The zero-order valence-corrected chi connectivity index (χ0v) is 13.4. The van der Waals surface area contributed by atoms with E-state index in [1.807, 2.05) is 30.3 Å². The highest BCUT2D eigenvalue weighted by molar-refractivity contribution is 6.46. The lowest BCUT2D eigenvalue weighted by Gasteiger charge is -2.20. The Morgan fingerprint density at radius 3 is 2.25 bits per heavy atom. The molecule has 0 bridgehead atoms. The first-order chi connectivity index (χ1) is 11.5. The van der Waals surface area contributed by atoms with Gasteiger partial charge >= 0.3 is 0 Å². The predicted molar refractivity (Wildman–Crippen MR) is 89.5 cm³/mol. The molecule has 0 saturated carbocycles. The third-order valence-electron chi connectivity index (χ3n) is 4.15. The number of hydrogen-bond acceptors (Lipinski definition) is 4. The minimum absolute atomic E-state index is 0.0962. The summed E-state index contributed by atoms with van der Waals surface area (Å²) in [5.41, 5.74) is 1.33. The predicted octanol–water partition coefficient (Wildman–Crippen LogP) is 2.75. The summed E-state index contributed by atoms with van der Waals surface area (Å²) in [7, 11) is 3.11. The van der Waals surface area contributed by atoms with Crippen molar-refractivity contribution in [2.45, 2.75) is 6.04 Å². The number of ketones is 1. The van der Waals surface area contributed by atoms with Crippen LogP contribution >= 0.6 is 0 Å². The average Bonchev–Trinajstić information content (AvgIpc) is 2.86. The maximum Gasteiger partial charge on any atom is 0.295 e. The summed E-state index contributed by atoms with van der Waals surface area (Å²) in [4.78, 5) is 25.9. The van der Waals surface area contributed by atoms with Crippen LogP contribution in [0, 0.1) is 0 Å². The molecule has 0 unspecified atom stereocenters. The summed E-state index contributed by atoms with van der Waals surface area (Å²) in [6.07, 6.45) is 0. The van der Waals surface area contributed by atoms with Crippen molar-refractivity contribution in [1.29, 1.82) is 0 Å². The molecule has 2 aromatic rings. The van der Waals surface area contributed by atoms with Crippen molar-refractivity contribution in [2.24, 2.45) is 0 Å². The Morgan fingerprint density at radius 1 is 1.04 bits per heavy atom. The number of nitrogens with zero attached hydrogens (tertiary/aromatic N) is 1. The van der Waals surface area contributed by atoms with Crippen molar-refractivity contribution in [3.05, 3.63) is 71.3 Å². The Bertz CT molecular complexity index is 809. The molecule has 1 amide bonds. The molecule has 3 rings (SSSR count). The third-order valence-corrected chi connectivity index (χ3v) is 4.15. The molecule has 1 N–H and O–H groups in total. The van der Waals surface area contributed by atoms with Gasteiger partial charge in [0, 0.05) is 12.6 Å². The first kappa shape index (κ1) is 15.8. The van der Waals surface area contributed by atoms with Crippen molar-refractivity contribution in [2.75, 3.05) is 14.2 Å². The highest BCUT2D eigenvalue weighted by atomic mass is 16.5. The number of aliphatic hydroxyl groups is 1. The number of likely N-dealkylation sites (tertiary alicyclic amines) is 1. The minimum Gasteiger partial charge on any atom is -0.507 e. The number of likely N-dealkylation sites (N-methyl/N-ethyl adjacent to an activating group) is 1. The third kappa shape index (κ3) is 2.54. The molecular formula is C19H17NO4. The van der Waals surface area contributed by atoms with Crippen LogP contribution < -0.4 is 4.74 Å². The van der Waals surface area contributed by atoms with E-state index in [4.69, 9.17) is 4.74 Å². The van der Waals surface area contributed by atoms with E-state index in [0.29, 0.717) is 11.3 Å². The van der Waals surface area contributed by atoms with E-state index < -0.39 is 17.7 Å². The lowest BCUT2D eigenvalue weighted by molar-refractivity contribution is -0.139. The summed E-state index contributed by atoms with van der Waals surface area (Å²) in [5.74, 6) is -0.852. The van der Waals surface area contributed by atoms with Gasteiger partial charge in [0.2, 0.25) is 0 Å². The highest BCUT2D eigenvalue weighted by Gasteiger charge is 2.44. The second-order valence-corrected chi connectivity index (χ2v) is 5.55. The van der Waals surface area contributed by atoms with Gasteiger partial charge < -0.3 is 14.7 Å². The molecule has 0 radical (unpaired) electrons. The Labute approximate surface area is 139 Å². The molecule has 1 saturated heterocycles. The van der Waals surface area contributed by atoms with E-state index in [2.05, 4.69) is 0 Å². The topological polar surface area (TPSA) is 66.8 Å².